The molecule has 0 aromatic heterocycles. The minimum atomic E-state index is 0.105. The zero-order valence-corrected chi connectivity index (χ0v) is 15.5. The highest BCUT2D eigenvalue weighted by Crippen LogP contribution is 2.65. The summed E-state index contributed by atoms with van der Waals surface area (Å²) < 4.78 is 0. The molecule has 0 amide bonds. The molecule has 26 heavy (non-hydrogen) atoms. The smallest absolute Gasteiger partial charge is 0.0902 e. The Hall–Kier alpha value is -2.04. The van der Waals surface area contributed by atoms with Gasteiger partial charge in [0.2, 0.25) is 0 Å². The van der Waals surface area contributed by atoms with Crippen molar-refractivity contribution in [3.05, 3.63) is 59.7 Å². The maximum absolute atomic E-state index is 3.87. The predicted molar refractivity (Wildman–Crippen MR) is 106 cm³/mol. The number of benzene rings is 2. The van der Waals surface area contributed by atoms with Gasteiger partial charge in [-0.1, -0.05) is 36.4 Å². The second kappa shape index (κ2) is 4.81. The molecule has 0 spiro atoms. The van der Waals surface area contributed by atoms with Crippen LogP contribution in [0.15, 0.2) is 48.5 Å². The summed E-state index contributed by atoms with van der Waals surface area (Å²) in [6.07, 6.45) is 3.11. The topological polar surface area (TPSA) is 30.5 Å². The van der Waals surface area contributed by atoms with E-state index in [1.54, 1.807) is 0 Å². The Labute approximate surface area is 155 Å². The Balaban J connectivity index is 1.69. The maximum atomic E-state index is 3.87. The monoisotopic (exact) mass is 346 g/mol. The molecule has 0 unspecified atom stereocenters. The van der Waals surface area contributed by atoms with Crippen molar-refractivity contribution in [3.63, 3.8) is 0 Å². The van der Waals surface area contributed by atoms with Crippen LogP contribution >= 0.6 is 0 Å². The van der Waals surface area contributed by atoms with Crippen LogP contribution in [0, 0.1) is 0 Å². The summed E-state index contributed by atoms with van der Waals surface area (Å²) in [5.74, 6) is 0. The van der Waals surface area contributed by atoms with Crippen molar-refractivity contribution in [2.75, 3.05) is 37.0 Å². The lowest BCUT2D eigenvalue weighted by atomic mass is 9.55. The summed E-state index contributed by atoms with van der Waals surface area (Å²) in [4.78, 5) is 4.99. The van der Waals surface area contributed by atoms with Gasteiger partial charge < -0.3 is 9.80 Å². The summed E-state index contributed by atoms with van der Waals surface area (Å²) in [7, 11) is 4.53. The molecule has 2 aromatic rings. The molecule has 0 bridgehead atoms. The molecule has 134 valence electrons. The first-order valence-corrected chi connectivity index (χ1v) is 9.83. The Morgan fingerprint density at radius 3 is 1.62 bits per heavy atom. The van der Waals surface area contributed by atoms with Gasteiger partial charge in [-0.2, -0.15) is 0 Å². The minimum Gasteiger partial charge on any atom is -0.358 e. The standard InChI is InChI=1S/C22H26N4/c1-25-17-9-5-3-7-15(17)21(11-13-23-19(21)25)22-12-14-24-20(22)26(2)18-10-6-4-8-16(18)22/h3-10,19-20,23-24H,11-14H2,1-2H3/t19-,20-,21-,22-/m0/s1. The number of hydrogen-bond acceptors (Lipinski definition) is 4. The van der Waals surface area contributed by atoms with Gasteiger partial charge in [0.05, 0.1) is 12.3 Å². The first-order valence-electron chi connectivity index (χ1n) is 9.83. The Morgan fingerprint density at radius 2 is 1.15 bits per heavy atom. The summed E-state index contributed by atoms with van der Waals surface area (Å²) in [5.41, 5.74) is 6.09. The lowest BCUT2D eigenvalue weighted by Gasteiger charge is -2.48. The van der Waals surface area contributed by atoms with Crippen LogP contribution in [0.3, 0.4) is 0 Å². The first-order chi connectivity index (χ1) is 12.7. The number of anilines is 2. The molecule has 6 rings (SSSR count). The van der Waals surface area contributed by atoms with Gasteiger partial charge in [0.15, 0.2) is 0 Å². The fourth-order valence-corrected chi connectivity index (χ4v) is 6.94. The van der Waals surface area contributed by atoms with Crippen LogP contribution in [0.5, 0.6) is 0 Å². The van der Waals surface area contributed by atoms with E-state index in [2.05, 4.69) is 83.1 Å². The molecule has 0 radical (unpaired) electrons. The van der Waals surface area contributed by atoms with E-state index in [0.29, 0.717) is 12.3 Å². The predicted octanol–water partition coefficient (Wildman–Crippen LogP) is 2.40. The number of fused-ring (bicyclic) bond motifs is 7. The lowest BCUT2D eigenvalue weighted by Crippen LogP contribution is -2.62. The van der Waals surface area contributed by atoms with E-state index in [4.69, 9.17) is 0 Å². The largest absolute Gasteiger partial charge is 0.358 e. The van der Waals surface area contributed by atoms with E-state index in [1.807, 2.05) is 0 Å². The van der Waals surface area contributed by atoms with Gasteiger partial charge in [-0.25, -0.2) is 0 Å². The molecule has 4 nitrogen and oxygen atoms in total. The molecule has 4 aliphatic heterocycles. The quantitative estimate of drug-likeness (QED) is 0.830. The van der Waals surface area contributed by atoms with Crippen molar-refractivity contribution in [2.45, 2.75) is 36.0 Å². The van der Waals surface area contributed by atoms with Crippen molar-refractivity contribution in [1.29, 1.82) is 0 Å². The van der Waals surface area contributed by atoms with Crippen LogP contribution in [-0.2, 0) is 10.8 Å². The van der Waals surface area contributed by atoms with E-state index in [0.717, 1.165) is 13.1 Å². The van der Waals surface area contributed by atoms with E-state index < -0.39 is 0 Å². The van der Waals surface area contributed by atoms with Crippen molar-refractivity contribution in [2.24, 2.45) is 0 Å². The molecule has 2 fully saturated rings. The van der Waals surface area contributed by atoms with Crippen LogP contribution in [0.1, 0.15) is 24.0 Å². The van der Waals surface area contributed by atoms with E-state index in [9.17, 15) is 0 Å². The van der Waals surface area contributed by atoms with Crippen molar-refractivity contribution in [3.8, 4) is 0 Å². The van der Waals surface area contributed by atoms with Gasteiger partial charge >= 0.3 is 0 Å². The van der Waals surface area contributed by atoms with E-state index in [-0.39, 0.29) is 10.8 Å². The van der Waals surface area contributed by atoms with Gasteiger partial charge in [-0.3, -0.25) is 10.6 Å². The van der Waals surface area contributed by atoms with Gasteiger partial charge in [0.25, 0.3) is 0 Å². The highest BCUT2D eigenvalue weighted by molar-refractivity contribution is 5.73. The van der Waals surface area contributed by atoms with Crippen molar-refractivity contribution in [1.82, 2.24) is 10.6 Å². The second-order valence-corrected chi connectivity index (χ2v) is 8.41. The number of para-hydroxylation sites is 2. The first kappa shape index (κ1) is 15.1. The van der Waals surface area contributed by atoms with Crippen LogP contribution < -0.4 is 20.4 Å². The Morgan fingerprint density at radius 1 is 0.731 bits per heavy atom. The number of rotatable bonds is 1. The number of nitrogens with zero attached hydrogens (tertiary/aromatic N) is 2. The average Bonchev–Trinajstić information content (AvgIpc) is 3.40. The third-order valence-corrected chi connectivity index (χ3v) is 7.75. The third-order valence-electron chi connectivity index (χ3n) is 7.75. The number of likely N-dealkylation sites (N-methyl/N-ethyl adjacent to an activating group) is 2. The molecular formula is C22H26N4. The summed E-state index contributed by atoms with van der Waals surface area (Å²) in [5, 5.41) is 7.73. The molecule has 4 heterocycles. The Kier molecular flexibility index (Phi) is 2.79. The zero-order chi connectivity index (χ0) is 17.5. The van der Waals surface area contributed by atoms with Crippen LogP contribution in [0.25, 0.3) is 0 Å². The SMILES string of the molecule is CN1c2ccccc2[C@@]2([C@]34CCN[C@H]3N(C)c3ccccc34)CCN[C@@H]12. The zero-order valence-electron chi connectivity index (χ0n) is 15.5. The third kappa shape index (κ3) is 1.40. The van der Waals surface area contributed by atoms with Crippen molar-refractivity contribution < 1.29 is 0 Å². The van der Waals surface area contributed by atoms with Gasteiger partial charge in [-0.05, 0) is 49.2 Å². The number of hydrogen-bond donors (Lipinski definition) is 2. The normalized spacial score (nSPS) is 36.8. The Bertz CT molecular complexity index is 822. The van der Waals surface area contributed by atoms with Crippen molar-refractivity contribution >= 4 is 11.4 Å². The molecule has 4 aliphatic rings. The van der Waals surface area contributed by atoms with Gasteiger partial charge in [0.1, 0.15) is 0 Å². The molecule has 0 aliphatic carbocycles. The fraction of sp³-hybridized carbons (Fsp3) is 0.455. The summed E-state index contributed by atoms with van der Waals surface area (Å²) in [6.45, 7) is 2.17. The molecule has 2 saturated heterocycles. The van der Waals surface area contributed by atoms with Gasteiger partial charge in [-0.15, -0.1) is 0 Å². The highest BCUT2D eigenvalue weighted by Gasteiger charge is 2.70. The number of nitrogens with one attached hydrogen (secondary N) is 2. The van der Waals surface area contributed by atoms with Crippen LogP contribution in [0.4, 0.5) is 11.4 Å². The lowest BCUT2D eigenvalue weighted by molar-refractivity contribution is 0.187. The molecule has 0 saturated carbocycles. The minimum absolute atomic E-state index is 0.105. The average molecular weight is 346 g/mol. The molecule has 2 N–H and O–H groups in total. The molecule has 4 heteroatoms. The van der Waals surface area contributed by atoms with E-state index in [1.165, 1.54) is 35.3 Å². The van der Waals surface area contributed by atoms with E-state index >= 15 is 0 Å². The molecule has 4 atom stereocenters. The highest BCUT2D eigenvalue weighted by atomic mass is 15.4. The molecular weight excluding hydrogens is 320 g/mol. The van der Waals surface area contributed by atoms with Gasteiger partial charge in [0, 0.05) is 36.3 Å². The maximum Gasteiger partial charge on any atom is 0.0902 e. The van der Waals surface area contributed by atoms with Crippen LogP contribution in [0.2, 0.25) is 0 Å². The summed E-state index contributed by atoms with van der Waals surface area (Å²) in [6, 6.07) is 18.2. The fourth-order valence-electron chi connectivity index (χ4n) is 6.94. The summed E-state index contributed by atoms with van der Waals surface area (Å²) >= 11 is 0. The second-order valence-electron chi connectivity index (χ2n) is 8.41. The molecule has 2 aromatic carbocycles. The van der Waals surface area contributed by atoms with Crippen LogP contribution in [-0.4, -0.2) is 39.5 Å².